The van der Waals surface area contributed by atoms with Crippen LogP contribution in [-0.2, 0) is 7.05 Å². The Balaban J connectivity index is 2.05. The average molecular weight is 452 g/mol. The molecule has 7 nitrogen and oxygen atoms in total. The summed E-state index contributed by atoms with van der Waals surface area (Å²) in [5.41, 5.74) is 2.26. The Kier molecular flexibility index (Phi) is 4.46. The first-order valence-corrected chi connectivity index (χ1v) is 10.2. The van der Waals surface area contributed by atoms with E-state index in [1.807, 2.05) is 37.3 Å². The highest BCUT2D eigenvalue weighted by Gasteiger charge is 2.23. The number of aromatic nitrogens is 5. The van der Waals surface area contributed by atoms with Gasteiger partial charge in [0.05, 0.1) is 22.2 Å². The Morgan fingerprint density at radius 3 is 2.45 bits per heavy atom. The van der Waals surface area contributed by atoms with Crippen molar-refractivity contribution in [2.75, 3.05) is 0 Å². The van der Waals surface area contributed by atoms with Gasteiger partial charge in [-0.2, -0.15) is 5.10 Å². The molecule has 2 aromatic carbocycles. The quantitative estimate of drug-likeness (QED) is 0.434. The molecule has 0 radical (unpaired) electrons. The molecule has 0 unspecified atom stereocenters. The number of hydrogen-bond donors (Lipinski definition) is 1. The van der Waals surface area contributed by atoms with Gasteiger partial charge in [0.2, 0.25) is 0 Å². The second-order valence-electron chi connectivity index (χ2n) is 7.16. The molecule has 0 bridgehead atoms. The Labute approximate surface area is 185 Å². The normalized spacial score (nSPS) is 11.5. The first kappa shape index (κ1) is 19.5. The Morgan fingerprint density at radius 1 is 1.00 bits per heavy atom. The predicted octanol–water partition coefficient (Wildman–Crippen LogP) is 4.24. The molecule has 0 fully saturated rings. The summed E-state index contributed by atoms with van der Waals surface area (Å²) in [5, 5.41) is 6.45. The van der Waals surface area contributed by atoms with Gasteiger partial charge in [-0.25, -0.2) is 14.5 Å². The van der Waals surface area contributed by atoms with E-state index in [1.54, 1.807) is 22.9 Å². The van der Waals surface area contributed by atoms with Gasteiger partial charge in [0, 0.05) is 28.2 Å². The SMILES string of the molecule is Cc1nn(-c2ccccc2)c2nc3[nH]c(=O)n(C)c(=O)c3c(-c3ccc(Cl)cc3Cl)c12. The van der Waals surface area contributed by atoms with Crippen LogP contribution in [0.3, 0.4) is 0 Å². The number of para-hydroxylation sites is 1. The molecule has 0 aliphatic carbocycles. The lowest BCUT2D eigenvalue weighted by atomic mass is 9.98. The largest absolute Gasteiger partial charge is 0.329 e. The van der Waals surface area contributed by atoms with Gasteiger partial charge in [0.1, 0.15) is 5.65 Å². The van der Waals surface area contributed by atoms with Gasteiger partial charge in [-0.3, -0.25) is 14.3 Å². The molecule has 0 atom stereocenters. The van der Waals surface area contributed by atoms with Crippen LogP contribution < -0.4 is 11.2 Å². The molecule has 0 saturated carbocycles. The van der Waals surface area contributed by atoms with Crippen LogP contribution in [0.1, 0.15) is 5.69 Å². The lowest BCUT2D eigenvalue weighted by Crippen LogP contribution is -2.33. The number of nitrogens with one attached hydrogen (secondary N) is 1. The van der Waals surface area contributed by atoms with Crippen LogP contribution in [0, 0.1) is 6.92 Å². The maximum atomic E-state index is 13.2. The minimum absolute atomic E-state index is 0.165. The molecule has 0 aliphatic rings. The maximum absolute atomic E-state index is 13.2. The number of benzene rings is 2. The van der Waals surface area contributed by atoms with Crippen molar-refractivity contribution in [3.63, 3.8) is 0 Å². The first-order chi connectivity index (χ1) is 14.9. The second kappa shape index (κ2) is 7.08. The van der Waals surface area contributed by atoms with Crippen LogP contribution in [0.15, 0.2) is 58.1 Å². The number of aryl methyl sites for hydroxylation is 1. The number of rotatable bonds is 2. The van der Waals surface area contributed by atoms with Crippen molar-refractivity contribution in [2.45, 2.75) is 6.92 Å². The number of halogens is 2. The number of aromatic amines is 1. The summed E-state index contributed by atoms with van der Waals surface area (Å²) in [5.74, 6) is 0. The number of H-pyrrole nitrogens is 1. The van der Waals surface area contributed by atoms with Crippen molar-refractivity contribution in [3.8, 4) is 16.8 Å². The van der Waals surface area contributed by atoms with Crippen LogP contribution in [0.25, 0.3) is 38.9 Å². The molecule has 0 amide bonds. The highest BCUT2D eigenvalue weighted by Crippen LogP contribution is 2.39. The lowest BCUT2D eigenvalue weighted by Gasteiger charge is -2.12. The van der Waals surface area contributed by atoms with E-state index < -0.39 is 11.2 Å². The van der Waals surface area contributed by atoms with E-state index in [0.29, 0.717) is 37.9 Å². The number of hydrogen-bond acceptors (Lipinski definition) is 4. The third-order valence-corrected chi connectivity index (χ3v) is 5.79. The third-order valence-electron chi connectivity index (χ3n) is 5.24. The Bertz CT molecular complexity index is 1620. The highest BCUT2D eigenvalue weighted by atomic mass is 35.5. The molecule has 31 heavy (non-hydrogen) atoms. The monoisotopic (exact) mass is 451 g/mol. The van der Waals surface area contributed by atoms with E-state index in [0.717, 1.165) is 10.3 Å². The van der Waals surface area contributed by atoms with E-state index in [-0.39, 0.29) is 11.0 Å². The van der Waals surface area contributed by atoms with Crippen molar-refractivity contribution in [3.05, 3.63) is 85.1 Å². The second-order valence-corrected chi connectivity index (χ2v) is 8.00. The number of pyridine rings is 1. The van der Waals surface area contributed by atoms with Gasteiger partial charge in [0.25, 0.3) is 5.56 Å². The zero-order valence-electron chi connectivity index (χ0n) is 16.5. The van der Waals surface area contributed by atoms with E-state index in [4.69, 9.17) is 23.2 Å². The fraction of sp³-hybridized carbons (Fsp3) is 0.0909. The summed E-state index contributed by atoms with van der Waals surface area (Å²) < 4.78 is 2.70. The summed E-state index contributed by atoms with van der Waals surface area (Å²) >= 11 is 12.7. The molecule has 154 valence electrons. The van der Waals surface area contributed by atoms with Gasteiger partial charge in [0.15, 0.2) is 5.65 Å². The molecular formula is C22H15Cl2N5O2. The molecule has 0 saturated heterocycles. The highest BCUT2D eigenvalue weighted by molar-refractivity contribution is 6.37. The van der Waals surface area contributed by atoms with Gasteiger partial charge in [-0.15, -0.1) is 0 Å². The van der Waals surface area contributed by atoms with Crippen molar-refractivity contribution in [1.29, 1.82) is 0 Å². The topological polar surface area (TPSA) is 85.6 Å². The average Bonchev–Trinajstić information content (AvgIpc) is 3.08. The van der Waals surface area contributed by atoms with E-state index in [9.17, 15) is 9.59 Å². The molecule has 5 aromatic rings. The van der Waals surface area contributed by atoms with Crippen molar-refractivity contribution in [2.24, 2.45) is 7.05 Å². The van der Waals surface area contributed by atoms with Gasteiger partial charge < -0.3 is 0 Å². The van der Waals surface area contributed by atoms with Crippen LogP contribution in [0.5, 0.6) is 0 Å². The van der Waals surface area contributed by atoms with Crippen LogP contribution in [0.2, 0.25) is 10.0 Å². The Morgan fingerprint density at radius 2 is 1.74 bits per heavy atom. The fourth-order valence-corrected chi connectivity index (χ4v) is 4.27. The molecule has 5 rings (SSSR count). The molecular weight excluding hydrogens is 437 g/mol. The maximum Gasteiger partial charge on any atom is 0.329 e. The molecule has 1 N–H and O–H groups in total. The van der Waals surface area contributed by atoms with Crippen LogP contribution in [0.4, 0.5) is 0 Å². The number of nitrogens with zero attached hydrogens (tertiary/aromatic N) is 4. The number of fused-ring (bicyclic) bond motifs is 2. The van der Waals surface area contributed by atoms with E-state index >= 15 is 0 Å². The third kappa shape index (κ3) is 2.97. The van der Waals surface area contributed by atoms with Crippen molar-refractivity contribution >= 4 is 45.3 Å². The van der Waals surface area contributed by atoms with Crippen molar-refractivity contribution < 1.29 is 0 Å². The fourth-order valence-electron chi connectivity index (χ4n) is 3.77. The predicted molar refractivity (Wildman–Crippen MR) is 122 cm³/mol. The van der Waals surface area contributed by atoms with E-state index in [2.05, 4.69) is 15.1 Å². The summed E-state index contributed by atoms with van der Waals surface area (Å²) in [6.45, 7) is 1.85. The smallest absolute Gasteiger partial charge is 0.291 e. The van der Waals surface area contributed by atoms with E-state index in [1.165, 1.54) is 7.05 Å². The van der Waals surface area contributed by atoms with Gasteiger partial charge >= 0.3 is 5.69 Å². The summed E-state index contributed by atoms with van der Waals surface area (Å²) in [4.78, 5) is 32.8. The standard InChI is InChI=1S/C22H15Cl2N5O2/c1-11-16-17(14-9-8-12(23)10-15(14)24)18-19(26-22(31)28(2)21(18)30)25-20(16)29(27-11)13-6-4-3-5-7-13/h3-10H,1-2H3,(H,25,26,31). The molecule has 0 aliphatic heterocycles. The Hall–Kier alpha value is -3.42. The molecule has 9 heteroatoms. The van der Waals surface area contributed by atoms with Crippen molar-refractivity contribution in [1.82, 2.24) is 24.3 Å². The summed E-state index contributed by atoms with van der Waals surface area (Å²) in [7, 11) is 1.41. The minimum atomic E-state index is -0.556. The first-order valence-electron chi connectivity index (χ1n) is 9.40. The van der Waals surface area contributed by atoms with Crippen LogP contribution in [-0.4, -0.2) is 24.3 Å². The molecule has 3 heterocycles. The minimum Gasteiger partial charge on any atom is -0.291 e. The zero-order chi connectivity index (χ0) is 21.9. The zero-order valence-corrected chi connectivity index (χ0v) is 18.0. The molecule has 0 spiro atoms. The van der Waals surface area contributed by atoms with Gasteiger partial charge in [-0.05, 0) is 31.2 Å². The summed E-state index contributed by atoms with van der Waals surface area (Å²) in [6, 6.07) is 14.6. The van der Waals surface area contributed by atoms with Crippen LogP contribution >= 0.6 is 23.2 Å². The molecule has 3 aromatic heterocycles. The lowest BCUT2D eigenvalue weighted by molar-refractivity contribution is 0.791. The van der Waals surface area contributed by atoms with Gasteiger partial charge in [-0.1, -0.05) is 47.5 Å². The summed E-state index contributed by atoms with van der Waals surface area (Å²) in [6.07, 6.45) is 0.